The molecule has 9 nitrogen and oxygen atoms in total. The number of anilines is 1. The van der Waals surface area contributed by atoms with E-state index in [-0.39, 0.29) is 29.2 Å². The Labute approximate surface area is 195 Å². The van der Waals surface area contributed by atoms with Crippen LogP contribution in [0.15, 0.2) is 47.4 Å². The molecule has 182 valence electrons. The van der Waals surface area contributed by atoms with E-state index in [0.29, 0.717) is 4.90 Å². The van der Waals surface area contributed by atoms with E-state index in [1.807, 2.05) is 0 Å². The highest BCUT2D eigenvalue weighted by Crippen LogP contribution is 2.31. The van der Waals surface area contributed by atoms with Crippen LogP contribution in [-0.4, -0.2) is 55.1 Å². The third-order valence-corrected chi connectivity index (χ3v) is 7.55. The maximum atomic E-state index is 14.3. The molecule has 3 rings (SSSR count). The Morgan fingerprint density at radius 3 is 2.44 bits per heavy atom. The van der Waals surface area contributed by atoms with Crippen LogP contribution in [0.3, 0.4) is 0 Å². The van der Waals surface area contributed by atoms with Gasteiger partial charge in [-0.2, -0.15) is 4.31 Å². The van der Waals surface area contributed by atoms with Crippen molar-refractivity contribution >= 4 is 33.6 Å². The van der Waals surface area contributed by atoms with Gasteiger partial charge in [-0.25, -0.2) is 22.0 Å². The van der Waals surface area contributed by atoms with E-state index in [0.717, 1.165) is 18.2 Å². The van der Waals surface area contributed by atoms with Gasteiger partial charge in [0.25, 0.3) is 5.91 Å². The van der Waals surface area contributed by atoms with Crippen LogP contribution in [0.4, 0.5) is 19.3 Å². The Kier molecular flexibility index (Phi) is 7.03. The summed E-state index contributed by atoms with van der Waals surface area (Å²) in [4.78, 5) is 38.4. The molecule has 34 heavy (non-hydrogen) atoms. The van der Waals surface area contributed by atoms with Crippen LogP contribution >= 0.6 is 0 Å². The van der Waals surface area contributed by atoms with Crippen LogP contribution in [-0.2, 0) is 25.2 Å². The Morgan fingerprint density at radius 1 is 1.12 bits per heavy atom. The van der Waals surface area contributed by atoms with E-state index < -0.39 is 51.6 Å². The monoisotopic (exact) mass is 494 g/mol. The highest BCUT2D eigenvalue weighted by Gasteiger charge is 2.50. The number of rotatable bonds is 8. The second-order valence-electron chi connectivity index (χ2n) is 7.74. The minimum absolute atomic E-state index is 0.0295. The minimum Gasteiger partial charge on any atom is -0.324 e. The zero-order chi connectivity index (χ0) is 25.3. The van der Waals surface area contributed by atoms with E-state index >= 15 is 0 Å². The Morgan fingerprint density at radius 2 is 1.79 bits per heavy atom. The van der Waals surface area contributed by atoms with Crippen molar-refractivity contribution in [2.24, 2.45) is 0 Å². The summed E-state index contributed by atoms with van der Waals surface area (Å²) in [6, 6.07) is 7.13. The van der Waals surface area contributed by atoms with E-state index in [4.69, 9.17) is 0 Å². The molecule has 0 aromatic heterocycles. The molecule has 0 saturated carbocycles. The number of carbonyl (C=O) groups excluding carboxylic acids is 3. The van der Waals surface area contributed by atoms with Gasteiger partial charge < -0.3 is 10.6 Å². The second-order valence-corrected chi connectivity index (χ2v) is 9.67. The molecule has 0 bridgehead atoms. The molecule has 12 heteroatoms. The molecule has 1 aliphatic rings. The first-order valence-corrected chi connectivity index (χ1v) is 11.9. The molecule has 1 saturated heterocycles. The maximum Gasteiger partial charge on any atom is 0.325 e. The smallest absolute Gasteiger partial charge is 0.324 e. The van der Waals surface area contributed by atoms with Gasteiger partial charge in [-0.3, -0.25) is 14.5 Å². The summed E-state index contributed by atoms with van der Waals surface area (Å²) < 4.78 is 54.6. The third kappa shape index (κ3) is 4.64. The molecule has 0 spiro atoms. The summed E-state index contributed by atoms with van der Waals surface area (Å²) >= 11 is 0. The van der Waals surface area contributed by atoms with Crippen molar-refractivity contribution < 1.29 is 31.6 Å². The second kappa shape index (κ2) is 9.47. The number of amides is 4. The van der Waals surface area contributed by atoms with Gasteiger partial charge in [-0.15, -0.1) is 0 Å². The van der Waals surface area contributed by atoms with Gasteiger partial charge in [0.15, 0.2) is 0 Å². The molecular weight excluding hydrogens is 470 g/mol. The zero-order valence-corrected chi connectivity index (χ0v) is 19.6. The fourth-order valence-corrected chi connectivity index (χ4v) is 5.20. The van der Waals surface area contributed by atoms with Crippen molar-refractivity contribution in [2.75, 3.05) is 25.0 Å². The lowest BCUT2D eigenvalue weighted by atomic mass is 9.91. The average molecular weight is 495 g/mol. The molecule has 1 heterocycles. The molecule has 1 fully saturated rings. The van der Waals surface area contributed by atoms with Crippen molar-refractivity contribution in [3.8, 4) is 0 Å². The molecule has 2 aromatic rings. The summed E-state index contributed by atoms with van der Waals surface area (Å²) in [6.45, 7) is 4.44. The maximum absolute atomic E-state index is 14.3. The summed E-state index contributed by atoms with van der Waals surface area (Å²) in [5.41, 5.74) is -2.13. The molecule has 1 atom stereocenters. The Hall–Kier alpha value is -3.38. The van der Waals surface area contributed by atoms with E-state index in [1.54, 1.807) is 13.8 Å². The van der Waals surface area contributed by atoms with Crippen molar-refractivity contribution in [1.29, 1.82) is 0 Å². The molecule has 0 radical (unpaired) electrons. The first-order chi connectivity index (χ1) is 15.9. The van der Waals surface area contributed by atoms with Gasteiger partial charge >= 0.3 is 6.03 Å². The van der Waals surface area contributed by atoms with E-state index in [1.165, 1.54) is 35.5 Å². The fourth-order valence-electron chi connectivity index (χ4n) is 3.69. The number of hydrogen-bond donors (Lipinski definition) is 2. The molecule has 2 N–H and O–H groups in total. The standard InChI is InChI=1S/C22H24F2N4O5S/c1-4-27(5-2)34(32,33)16-8-6-7-15(12-16)25-19(29)13-28-20(30)22(3,26-21(28)31)17-11-14(23)9-10-18(17)24/h6-12H,4-5,13H2,1-3H3,(H,25,29)(H,26,31). The fraction of sp³-hybridized carbons (Fsp3) is 0.318. The highest BCUT2D eigenvalue weighted by molar-refractivity contribution is 7.89. The molecular formula is C22H24F2N4O5S. The number of halogens is 2. The van der Waals surface area contributed by atoms with Gasteiger partial charge in [0.1, 0.15) is 23.7 Å². The lowest BCUT2D eigenvalue weighted by molar-refractivity contribution is -0.133. The number of benzene rings is 2. The summed E-state index contributed by atoms with van der Waals surface area (Å²) in [7, 11) is -3.77. The lowest BCUT2D eigenvalue weighted by Gasteiger charge is -2.22. The number of hydrogen-bond acceptors (Lipinski definition) is 5. The zero-order valence-electron chi connectivity index (χ0n) is 18.8. The van der Waals surface area contributed by atoms with Gasteiger partial charge in [-0.1, -0.05) is 19.9 Å². The quantitative estimate of drug-likeness (QED) is 0.547. The third-order valence-electron chi connectivity index (χ3n) is 5.50. The molecule has 2 aromatic carbocycles. The molecule has 0 aliphatic carbocycles. The molecule has 4 amide bonds. The molecule has 1 aliphatic heterocycles. The SMILES string of the molecule is CCN(CC)S(=O)(=O)c1cccc(NC(=O)CN2C(=O)NC(C)(c3cc(F)ccc3F)C2=O)c1. The number of carbonyl (C=O) groups is 3. The van der Waals surface area contributed by atoms with Crippen LogP contribution in [0.25, 0.3) is 0 Å². The van der Waals surface area contributed by atoms with Gasteiger partial charge in [-0.05, 0) is 43.3 Å². The first kappa shape index (κ1) is 25.2. The molecule has 1 unspecified atom stereocenters. The average Bonchev–Trinajstić information content (AvgIpc) is 3.00. The van der Waals surface area contributed by atoms with Crippen LogP contribution in [0.5, 0.6) is 0 Å². The largest absolute Gasteiger partial charge is 0.325 e. The number of sulfonamides is 1. The van der Waals surface area contributed by atoms with E-state index in [9.17, 15) is 31.6 Å². The van der Waals surface area contributed by atoms with Gasteiger partial charge in [0.2, 0.25) is 15.9 Å². The van der Waals surface area contributed by atoms with Crippen LogP contribution in [0.1, 0.15) is 26.3 Å². The summed E-state index contributed by atoms with van der Waals surface area (Å²) in [5, 5.41) is 4.76. The van der Waals surface area contributed by atoms with Crippen molar-refractivity contribution in [3.63, 3.8) is 0 Å². The predicted molar refractivity (Wildman–Crippen MR) is 119 cm³/mol. The topological polar surface area (TPSA) is 116 Å². The van der Waals surface area contributed by atoms with Crippen molar-refractivity contribution in [1.82, 2.24) is 14.5 Å². The highest BCUT2D eigenvalue weighted by atomic mass is 32.2. The van der Waals surface area contributed by atoms with Gasteiger partial charge in [0, 0.05) is 24.3 Å². The first-order valence-electron chi connectivity index (χ1n) is 10.4. The number of nitrogens with zero attached hydrogens (tertiary/aromatic N) is 2. The normalized spacial score (nSPS) is 18.4. The van der Waals surface area contributed by atoms with E-state index in [2.05, 4.69) is 10.6 Å². The Balaban J connectivity index is 1.78. The predicted octanol–water partition coefficient (Wildman–Crippen LogP) is 2.40. The van der Waals surface area contributed by atoms with Crippen LogP contribution in [0, 0.1) is 11.6 Å². The Bertz CT molecular complexity index is 1250. The number of urea groups is 1. The lowest BCUT2D eigenvalue weighted by Crippen LogP contribution is -2.42. The van der Waals surface area contributed by atoms with Crippen LogP contribution in [0.2, 0.25) is 0 Å². The minimum atomic E-state index is -3.77. The summed E-state index contributed by atoms with van der Waals surface area (Å²) in [6.07, 6.45) is 0. The number of imide groups is 1. The van der Waals surface area contributed by atoms with Crippen molar-refractivity contribution in [3.05, 3.63) is 59.7 Å². The number of nitrogens with one attached hydrogen (secondary N) is 2. The summed E-state index contributed by atoms with van der Waals surface area (Å²) in [5.74, 6) is -3.41. The van der Waals surface area contributed by atoms with Crippen LogP contribution < -0.4 is 10.6 Å². The van der Waals surface area contributed by atoms with Crippen molar-refractivity contribution in [2.45, 2.75) is 31.2 Å². The van der Waals surface area contributed by atoms with Gasteiger partial charge in [0.05, 0.1) is 4.90 Å².